The van der Waals surface area contributed by atoms with E-state index in [9.17, 15) is 4.39 Å². The van der Waals surface area contributed by atoms with E-state index in [-0.39, 0.29) is 11.9 Å². The van der Waals surface area contributed by atoms with Gasteiger partial charge in [-0.25, -0.2) is 4.39 Å². The highest BCUT2D eigenvalue weighted by Crippen LogP contribution is 2.68. The Bertz CT molecular complexity index is 468. The third kappa shape index (κ3) is 2.59. The fourth-order valence-electron chi connectivity index (χ4n) is 3.10. The lowest BCUT2D eigenvalue weighted by Gasteiger charge is -2.16. The number of halogens is 2. The fraction of sp³-hybridized carbons (Fsp3) is 0.625. The minimum atomic E-state index is -0.149. The SMILES string of the molecule is CC(NCC1C(C)(C)C1(C)C)c1ccc(Br)cc1F. The summed E-state index contributed by atoms with van der Waals surface area (Å²) in [5.74, 6) is 0.504. The van der Waals surface area contributed by atoms with Crippen molar-refractivity contribution < 1.29 is 4.39 Å². The summed E-state index contributed by atoms with van der Waals surface area (Å²) in [7, 11) is 0. The third-order valence-electron chi connectivity index (χ3n) is 5.38. The fourth-order valence-corrected chi connectivity index (χ4v) is 3.43. The summed E-state index contributed by atoms with van der Waals surface area (Å²) in [6.45, 7) is 12.2. The van der Waals surface area contributed by atoms with Gasteiger partial charge in [0.05, 0.1) is 0 Å². The minimum Gasteiger partial charge on any atom is -0.310 e. The van der Waals surface area contributed by atoms with Gasteiger partial charge in [0.1, 0.15) is 5.82 Å². The Morgan fingerprint density at radius 1 is 1.26 bits per heavy atom. The molecule has 1 N–H and O–H groups in total. The summed E-state index contributed by atoms with van der Waals surface area (Å²) in [6, 6.07) is 5.31. The number of hydrogen-bond donors (Lipinski definition) is 1. The molecule has 1 saturated carbocycles. The van der Waals surface area contributed by atoms with Crippen molar-refractivity contribution in [3.8, 4) is 0 Å². The van der Waals surface area contributed by atoms with Crippen LogP contribution in [0, 0.1) is 22.6 Å². The van der Waals surface area contributed by atoms with Crippen LogP contribution in [0.1, 0.15) is 46.2 Å². The van der Waals surface area contributed by atoms with Crippen LogP contribution in [-0.4, -0.2) is 6.54 Å². The molecular formula is C16H23BrFN. The molecule has 3 heteroatoms. The van der Waals surface area contributed by atoms with Gasteiger partial charge in [-0.05, 0) is 42.3 Å². The first-order chi connectivity index (χ1) is 8.68. The van der Waals surface area contributed by atoms with Gasteiger partial charge in [0.2, 0.25) is 0 Å². The number of benzene rings is 1. The Morgan fingerprint density at radius 3 is 2.32 bits per heavy atom. The van der Waals surface area contributed by atoms with Gasteiger partial charge in [0, 0.05) is 16.1 Å². The summed E-state index contributed by atoms with van der Waals surface area (Å²) in [5, 5.41) is 3.48. The van der Waals surface area contributed by atoms with Gasteiger partial charge in [-0.3, -0.25) is 0 Å². The maximum Gasteiger partial charge on any atom is 0.129 e. The van der Waals surface area contributed by atoms with Crippen LogP contribution in [0.15, 0.2) is 22.7 Å². The average Bonchev–Trinajstić information content (AvgIpc) is 2.66. The predicted molar refractivity (Wildman–Crippen MR) is 81.6 cm³/mol. The van der Waals surface area contributed by atoms with E-state index in [1.807, 2.05) is 19.1 Å². The zero-order valence-corrected chi connectivity index (χ0v) is 13.9. The molecule has 1 aliphatic rings. The lowest BCUT2D eigenvalue weighted by molar-refractivity contribution is 0.457. The molecule has 0 heterocycles. The quantitative estimate of drug-likeness (QED) is 0.827. The summed E-state index contributed by atoms with van der Waals surface area (Å²) in [5.41, 5.74) is 1.48. The van der Waals surface area contributed by atoms with E-state index in [2.05, 4.69) is 48.9 Å². The summed E-state index contributed by atoms with van der Waals surface area (Å²) in [4.78, 5) is 0. The van der Waals surface area contributed by atoms with Crippen LogP contribution in [0.2, 0.25) is 0 Å². The Balaban J connectivity index is 1.98. The Morgan fingerprint density at radius 2 is 1.84 bits per heavy atom. The smallest absolute Gasteiger partial charge is 0.129 e. The van der Waals surface area contributed by atoms with Gasteiger partial charge in [0.25, 0.3) is 0 Å². The maximum atomic E-state index is 13.9. The standard InChI is InChI=1S/C16H23BrFN/c1-10(12-7-6-11(17)8-13(12)18)19-9-14-15(2,3)16(14,4)5/h6-8,10,14,19H,9H2,1-5H3. The van der Waals surface area contributed by atoms with Gasteiger partial charge < -0.3 is 5.32 Å². The normalized spacial score (nSPS) is 22.3. The lowest BCUT2D eigenvalue weighted by Crippen LogP contribution is -2.23. The molecule has 0 saturated heterocycles. The van der Waals surface area contributed by atoms with Crippen LogP contribution in [0.5, 0.6) is 0 Å². The first-order valence-electron chi connectivity index (χ1n) is 6.86. The molecule has 0 spiro atoms. The predicted octanol–water partition coefficient (Wildman–Crippen LogP) is 4.92. The molecule has 1 fully saturated rings. The second-order valence-electron chi connectivity index (χ2n) is 6.79. The van der Waals surface area contributed by atoms with Gasteiger partial charge in [-0.2, -0.15) is 0 Å². The van der Waals surface area contributed by atoms with Crippen molar-refractivity contribution in [2.24, 2.45) is 16.7 Å². The van der Waals surface area contributed by atoms with Gasteiger partial charge >= 0.3 is 0 Å². The van der Waals surface area contributed by atoms with Crippen LogP contribution in [0.4, 0.5) is 4.39 Å². The van der Waals surface area contributed by atoms with E-state index in [1.165, 1.54) is 6.07 Å². The van der Waals surface area contributed by atoms with Crippen LogP contribution >= 0.6 is 15.9 Å². The van der Waals surface area contributed by atoms with Gasteiger partial charge in [-0.15, -0.1) is 0 Å². The van der Waals surface area contributed by atoms with Crippen molar-refractivity contribution in [1.29, 1.82) is 0 Å². The molecule has 0 radical (unpaired) electrons. The number of nitrogens with one attached hydrogen (secondary N) is 1. The zero-order valence-electron chi connectivity index (χ0n) is 12.3. The third-order valence-corrected chi connectivity index (χ3v) is 5.87. The van der Waals surface area contributed by atoms with Gasteiger partial charge in [-0.1, -0.05) is 49.7 Å². The summed E-state index contributed by atoms with van der Waals surface area (Å²) < 4.78 is 14.7. The molecule has 0 bridgehead atoms. The molecule has 0 aromatic heterocycles. The van der Waals surface area contributed by atoms with E-state index < -0.39 is 0 Å². The largest absolute Gasteiger partial charge is 0.310 e. The van der Waals surface area contributed by atoms with Crippen molar-refractivity contribution >= 4 is 15.9 Å². The first kappa shape index (κ1) is 15.0. The summed E-state index contributed by atoms with van der Waals surface area (Å²) >= 11 is 3.29. The number of rotatable bonds is 4. The topological polar surface area (TPSA) is 12.0 Å². The molecule has 0 aliphatic heterocycles. The van der Waals surface area contributed by atoms with E-state index in [0.29, 0.717) is 16.7 Å². The van der Waals surface area contributed by atoms with E-state index in [1.54, 1.807) is 0 Å². The molecule has 1 nitrogen and oxygen atoms in total. The van der Waals surface area contributed by atoms with Crippen molar-refractivity contribution in [1.82, 2.24) is 5.32 Å². The zero-order chi connectivity index (χ0) is 14.4. The Hall–Kier alpha value is -0.410. The lowest BCUT2D eigenvalue weighted by atomic mass is 10.0. The highest BCUT2D eigenvalue weighted by atomic mass is 79.9. The van der Waals surface area contributed by atoms with Crippen LogP contribution < -0.4 is 5.32 Å². The first-order valence-corrected chi connectivity index (χ1v) is 7.65. The van der Waals surface area contributed by atoms with E-state index in [4.69, 9.17) is 0 Å². The molecule has 1 aliphatic carbocycles. The monoisotopic (exact) mass is 327 g/mol. The molecule has 1 aromatic carbocycles. The van der Waals surface area contributed by atoms with E-state index >= 15 is 0 Å². The molecule has 1 atom stereocenters. The molecule has 2 rings (SSSR count). The van der Waals surface area contributed by atoms with Crippen molar-refractivity contribution in [3.05, 3.63) is 34.1 Å². The summed E-state index contributed by atoms with van der Waals surface area (Å²) in [6.07, 6.45) is 0. The van der Waals surface area contributed by atoms with Crippen LogP contribution in [-0.2, 0) is 0 Å². The Kier molecular flexibility index (Phi) is 3.83. The molecule has 1 aromatic rings. The van der Waals surface area contributed by atoms with Crippen molar-refractivity contribution in [2.45, 2.75) is 40.7 Å². The molecular weight excluding hydrogens is 305 g/mol. The molecule has 0 amide bonds. The second kappa shape index (κ2) is 4.85. The molecule has 106 valence electrons. The minimum absolute atomic E-state index is 0.0419. The molecule has 1 unspecified atom stereocenters. The van der Waals surface area contributed by atoms with E-state index in [0.717, 1.165) is 16.6 Å². The Labute approximate surface area is 124 Å². The van der Waals surface area contributed by atoms with Crippen LogP contribution in [0.3, 0.4) is 0 Å². The van der Waals surface area contributed by atoms with Crippen molar-refractivity contribution in [2.75, 3.05) is 6.54 Å². The van der Waals surface area contributed by atoms with Gasteiger partial charge in [0.15, 0.2) is 0 Å². The average molecular weight is 328 g/mol. The van der Waals surface area contributed by atoms with Crippen LogP contribution in [0.25, 0.3) is 0 Å². The van der Waals surface area contributed by atoms with Crippen molar-refractivity contribution in [3.63, 3.8) is 0 Å². The molecule has 19 heavy (non-hydrogen) atoms. The maximum absolute atomic E-state index is 13.9. The second-order valence-corrected chi connectivity index (χ2v) is 7.71. The number of hydrogen-bond acceptors (Lipinski definition) is 1. The highest BCUT2D eigenvalue weighted by molar-refractivity contribution is 9.10. The highest BCUT2D eigenvalue weighted by Gasteiger charge is 2.63.